The minimum Gasteiger partial charge on any atom is -0.273 e. The molecule has 2 rings (SSSR count). The molecular formula is C18H23N3O2S. The number of aromatic nitrogens is 1. The largest absolute Gasteiger partial charge is 0.273 e. The van der Waals surface area contributed by atoms with Crippen LogP contribution in [0.2, 0.25) is 0 Å². The number of hydrazine groups is 1. The van der Waals surface area contributed by atoms with Gasteiger partial charge >= 0.3 is 0 Å². The topological polar surface area (TPSA) is 71.1 Å². The third-order valence-corrected chi connectivity index (χ3v) is 4.71. The van der Waals surface area contributed by atoms with Crippen LogP contribution in [-0.4, -0.2) is 22.6 Å². The molecule has 0 bridgehead atoms. The van der Waals surface area contributed by atoms with Gasteiger partial charge in [-0.05, 0) is 43.5 Å². The maximum atomic E-state index is 11.8. The molecule has 0 aliphatic rings. The zero-order valence-corrected chi connectivity index (χ0v) is 15.3. The number of carbonyl (C=O) groups excluding carboxylic acids is 2. The number of rotatable bonds is 5. The summed E-state index contributed by atoms with van der Waals surface area (Å²) in [5, 5.41) is 2.00. The lowest BCUT2D eigenvalue weighted by atomic mass is 10.0. The summed E-state index contributed by atoms with van der Waals surface area (Å²) in [6.07, 6.45) is 1.19. The van der Waals surface area contributed by atoms with Gasteiger partial charge in [-0.1, -0.05) is 37.2 Å². The Morgan fingerprint density at radius 1 is 1.08 bits per heavy atom. The van der Waals surface area contributed by atoms with Gasteiger partial charge in [0.1, 0.15) is 5.03 Å². The number of aryl methyl sites for hydroxylation is 3. The fraction of sp³-hybridized carbons (Fsp3) is 0.389. The number of carbonyl (C=O) groups is 2. The SMILES string of the molecule is CCC(=O)NNC(=O)CSc1nc2c(C)cc(C)cc2cc1CC. The van der Waals surface area contributed by atoms with Crippen molar-refractivity contribution < 1.29 is 9.59 Å². The number of benzene rings is 1. The molecule has 6 heteroatoms. The highest BCUT2D eigenvalue weighted by Gasteiger charge is 2.11. The highest BCUT2D eigenvalue weighted by Crippen LogP contribution is 2.27. The van der Waals surface area contributed by atoms with Crippen LogP contribution in [0, 0.1) is 13.8 Å². The number of amides is 2. The minimum atomic E-state index is -0.244. The van der Waals surface area contributed by atoms with E-state index in [1.165, 1.54) is 17.3 Å². The van der Waals surface area contributed by atoms with Gasteiger partial charge in [-0.15, -0.1) is 0 Å². The molecule has 2 aromatic rings. The lowest BCUT2D eigenvalue weighted by molar-refractivity contribution is -0.127. The van der Waals surface area contributed by atoms with Gasteiger partial charge in [0, 0.05) is 11.8 Å². The Hall–Kier alpha value is -2.08. The first-order valence-corrected chi connectivity index (χ1v) is 9.04. The van der Waals surface area contributed by atoms with E-state index in [0.29, 0.717) is 6.42 Å². The number of pyridine rings is 1. The van der Waals surface area contributed by atoms with E-state index in [1.54, 1.807) is 6.92 Å². The Balaban J connectivity index is 2.16. The van der Waals surface area contributed by atoms with Crippen LogP contribution >= 0.6 is 11.8 Å². The molecule has 0 unspecified atom stereocenters. The number of nitrogens with one attached hydrogen (secondary N) is 2. The molecule has 0 aliphatic carbocycles. The Labute approximate surface area is 146 Å². The van der Waals surface area contributed by atoms with Crippen LogP contribution in [0.3, 0.4) is 0 Å². The third kappa shape index (κ3) is 4.47. The molecule has 1 aromatic heterocycles. The second kappa shape index (κ2) is 8.15. The first-order chi connectivity index (χ1) is 11.4. The van der Waals surface area contributed by atoms with Gasteiger partial charge in [0.15, 0.2) is 0 Å². The van der Waals surface area contributed by atoms with Gasteiger partial charge < -0.3 is 0 Å². The van der Waals surface area contributed by atoms with Crippen molar-refractivity contribution in [1.29, 1.82) is 0 Å². The second-order valence-electron chi connectivity index (χ2n) is 5.70. The number of hydrogen-bond donors (Lipinski definition) is 2. The smallest absolute Gasteiger partial charge is 0.248 e. The molecule has 0 radical (unpaired) electrons. The summed E-state index contributed by atoms with van der Waals surface area (Å²) in [5.41, 5.74) is 9.23. The molecule has 1 heterocycles. The van der Waals surface area contributed by atoms with E-state index in [1.807, 2.05) is 0 Å². The quantitative estimate of drug-likeness (QED) is 0.645. The van der Waals surface area contributed by atoms with Crippen LogP contribution in [0.5, 0.6) is 0 Å². The zero-order valence-electron chi connectivity index (χ0n) is 14.5. The van der Waals surface area contributed by atoms with Gasteiger partial charge in [0.05, 0.1) is 11.3 Å². The molecule has 2 N–H and O–H groups in total. The van der Waals surface area contributed by atoms with Crippen molar-refractivity contribution in [1.82, 2.24) is 15.8 Å². The van der Waals surface area contributed by atoms with E-state index in [9.17, 15) is 9.59 Å². The maximum absolute atomic E-state index is 11.8. The van der Waals surface area contributed by atoms with Gasteiger partial charge in [-0.3, -0.25) is 20.4 Å². The Morgan fingerprint density at radius 2 is 1.79 bits per heavy atom. The molecule has 0 aliphatic heterocycles. The van der Waals surface area contributed by atoms with E-state index in [2.05, 4.69) is 49.8 Å². The van der Waals surface area contributed by atoms with E-state index in [-0.39, 0.29) is 17.6 Å². The Morgan fingerprint density at radius 3 is 2.46 bits per heavy atom. The average molecular weight is 345 g/mol. The highest BCUT2D eigenvalue weighted by molar-refractivity contribution is 7.99. The summed E-state index contributed by atoms with van der Waals surface area (Å²) in [6, 6.07) is 6.40. The molecule has 1 aromatic carbocycles. The van der Waals surface area contributed by atoms with Crippen LogP contribution in [0.25, 0.3) is 10.9 Å². The lowest BCUT2D eigenvalue weighted by Gasteiger charge is -2.11. The first kappa shape index (κ1) is 18.3. The molecule has 0 saturated carbocycles. The number of hydrogen-bond acceptors (Lipinski definition) is 4. The summed E-state index contributed by atoms with van der Waals surface area (Å²) >= 11 is 1.39. The predicted molar refractivity (Wildman–Crippen MR) is 97.9 cm³/mol. The van der Waals surface area contributed by atoms with E-state index in [4.69, 9.17) is 4.98 Å². The van der Waals surface area contributed by atoms with Crippen LogP contribution < -0.4 is 10.9 Å². The molecule has 0 saturated heterocycles. The van der Waals surface area contributed by atoms with Crippen molar-refractivity contribution in [3.05, 3.63) is 34.9 Å². The molecule has 0 spiro atoms. The Bertz CT molecular complexity index is 774. The third-order valence-electron chi connectivity index (χ3n) is 3.68. The molecule has 5 nitrogen and oxygen atoms in total. The summed E-state index contributed by atoms with van der Waals surface area (Å²) in [7, 11) is 0. The standard InChI is InChI=1S/C18H23N3O2S/c1-5-13-9-14-8-11(3)7-12(4)17(14)19-18(13)24-10-16(23)21-20-15(22)6-2/h7-9H,5-6,10H2,1-4H3,(H,20,22)(H,21,23). The summed E-state index contributed by atoms with van der Waals surface area (Å²) in [6.45, 7) is 7.94. The van der Waals surface area contributed by atoms with Gasteiger partial charge in [0.25, 0.3) is 0 Å². The zero-order chi connectivity index (χ0) is 17.7. The molecule has 0 atom stereocenters. The van der Waals surface area contributed by atoms with E-state index in [0.717, 1.165) is 33.5 Å². The monoisotopic (exact) mass is 345 g/mol. The van der Waals surface area contributed by atoms with Crippen LogP contribution in [0.15, 0.2) is 23.2 Å². The van der Waals surface area contributed by atoms with Crippen LogP contribution in [0.4, 0.5) is 0 Å². The summed E-state index contributed by atoms with van der Waals surface area (Å²) < 4.78 is 0. The molecule has 24 heavy (non-hydrogen) atoms. The van der Waals surface area contributed by atoms with Crippen molar-refractivity contribution in [3.63, 3.8) is 0 Å². The number of nitrogens with zero attached hydrogens (tertiary/aromatic N) is 1. The predicted octanol–water partition coefficient (Wildman–Crippen LogP) is 3.06. The van der Waals surface area contributed by atoms with Gasteiger partial charge in [-0.2, -0.15) is 0 Å². The van der Waals surface area contributed by atoms with Crippen molar-refractivity contribution in [2.75, 3.05) is 5.75 Å². The average Bonchev–Trinajstić information content (AvgIpc) is 2.56. The van der Waals surface area contributed by atoms with Gasteiger partial charge in [-0.25, -0.2) is 4.98 Å². The number of fused-ring (bicyclic) bond motifs is 1. The van der Waals surface area contributed by atoms with Crippen LogP contribution in [-0.2, 0) is 16.0 Å². The Kier molecular flexibility index (Phi) is 6.20. The normalized spacial score (nSPS) is 10.7. The molecule has 0 fully saturated rings. The maximum Gasteiger partial charge on any atom is 0.248 e. The summed E-state index contributed by atoms with van der Waals surface area (Å²) in [4.78, 5) is 27.8. The number of thioether (sulfide) groups is 1. The summed E-state index contributed by atoms with van der Waals surface area (Å²) in [5.74, 6) is -0.246. The van der Waals surface area contributed by atoms with Crippen molar-refractivity contribution in [2.45, 2.75) is 45.6 Å². The fourth-order valence-corrected chi connectivity index (χ4v) is 3.34. The van der Waals surface area contributed by atoms with E-state index >= 15 is 0 Å². The fourth-order valence-electron chi connectivity index (χ4n) is 2.45. The first-order valence-electron chi connectivity index (χ1n) is 8.06. The molecule has 2 amide bonds. The molecular weight excluding hydrogens is 322 g/mol. The van der Waals surface area contributed by atoms with Crippen LogP contribution in [0.1, 0.15) is 37.0 Å². The second-order valence-corrected chi connectivity index (χ2v) is 6.66. The van der Waals surface area contributed by atoms with Crippen molar-refractivity contribution in [2.24, 2.45) is 0 Å². The minimum absolute atomic E-state index is 0.209. The van der Waals surface area contributed by atoms with Crippen molar-refractivity contribution in [3.8, 4) is 0 Å². The highest BCUT2D eigenvalue weighted by atomic mass is 32.2. The lowest BCUT2D eigenvalue weighted by Crippen LogP contribution is -2.42. The van der Waals surface area contributed by atoms with Gasteiger partial charge in [0.2, 0.25) is 11.8 Å². The van der Waals surface area contributed by atoms with Crippen molar-refractivity contribution >= 4 is 34.5 Å². The molecule has 128 valence electrons. The van der Waals surface area contributed by atoms with E-state index < -0.39 is 0 Å².